The van der Waals surface area contributed by atoms with Crippen molar-refractivity contribution in [2.24, 2.45) is 5.92 Å². The molecule has 1 aliphatic rings. The van der Waals surface area contributed by atoms with Crippen LogP contribution in [0.25, 0.3) is 0 Å². The second-order valence-electron chi connectivity index (χ2n) is 8.34. The Bertz CT molecular complexity index is 729. The van der Waals surface area contributed by atoms with E-state index in [1.165, 1.54) is 17.8 Å². The van der Waals surface area contributed by atoms with Gasteiger partial charge in [0.25, 0.3) is 5.91 Å². The molecule has 0 bridgehead atoms. The molecule has 0 unspecified atom stereocenters. The molecule has 31 heavy (non-hydrogen) atoms. The van der Waals surface area contributed by atoms with Crippen molar-refractivity contribution in [3.63, 3.8) is 0 Å². The number of ketones is 1. The third-order valence-electron chi connectivity index (χ3n) is 5.18. The summed E-state index contributed by atoms with van der Waals surface area (Å²) in [6.07, 6.45) is 6.12. The topological polar surface area (TPSA) is 64.6 Å². The summed E-state index contributed by atoms with van der Waals surface area (Å²) < 4.78 is 11.9. The van der Waals surface area contributed by atoms with Gasteiger partial charge in [0.15, 0.2) is 5.78 Å². The Kier molecular flexibility index (Phi) is 11.8. The van der Waals surface area contributed by atoms with Crippen LogP contribution in [0.4, 0.5) is 0 Å². The molecule has 1 amide bonds. The number of carbonyl (C=O) groups excluding carboxylic acids is 2. The Morgan fingerprint density at radius 1 is 1.16 bits per heavy atom. The van der Waals surface area contributed by atoms with Gasteiger partial charge in [-0.2, -0.15) is 11.8 Å². The van der Waals surface area contributed by atoms with Crippen LogP contribution in [-0.2, 0) is 14.1 Å². The monoisotopic (exact) mass is 487 g/mol. The first-order chi connectivity index (χ1) is 14.8. The van der Waals surface area contributed by atoms with E-state index in [1.807, 2.05) is 6.26 Å². The Hall–Kier alpha value is -0.725. The van der Waals surface area contributed by atoms with Gasteiger partial charge in [0.1, 0.15) is 0 Å². The van der Waals surface area contributed by atoms with E-state index in [4.69, 9.17) is 32.5 Å². The fourth-order valence-electron chi connectivity index (χ4n) is 3.69. The van der Waals surface area contributed by atoms with Crippen molar-refractivity contribution < 1.29 is 18.9 Å². The van der Waals surface area contributed by atoms with Gasteiger partial charge in [-0.1, -0.05) is 37.0 Å². The zero-order valence-electron chi connectivity index (χ0n) is 18.5. The highest BCUT2D eigenvalue weighted by Gasteiger charge is 2.35. The summed E-state index contributed by atoms with van der Waals surface area (Å²) in [6.45, 7) is 5.54. The standard InChI is InChI=1S/C22H32BCl2NO4S/c1-15(2)11-16(23-29-9-5-4-6-10-30-23)12-21(27)20(14-31-3)26-22(28)18-13-17(24)7-8-19(18)25/h7-8,13,15-16,20H,4-6,9-12,14H2,1-3H3,(H,26,28)/t16-,20+/m1/s1. The van der Waals surface area contributed by atoms with E-state index in [-0.39, 0.29) is 30.7 Å². The molecule has 2 rings (SSSR count). The van der Waals surface area contributed by atoms with Crippen molar-refractivity contribution in [2.75, 3.05) is 25.2 Å². The van der Waals surface area contributed by atoms with Crippen LogP contribution in [0.5, 0.6) is 0 Å². The van der Waals surface area contributed by atoms with Crippen LogP contribution in [0.2, 0.25) is 15.9 Å². The van der Waals surface area contributed by atoms with Gasteiger partial charge in [0.2, 0.25) is 0 Å². The van der Waals surface area contributed by atoms with Crippen LogP contribution in [0.1, 0.15) is 56.3 Å². The van der Waals surface area contributed by atoms with E-state index < -0.39 is 11.9 Å². The number of halogens is 2. The van der Waals surface area contributed by atoms with Crippen molar-refractivity contribution >= 4 is 53.8 Å². The van der Waals surface area contributed by atoms with Crippen molar-refractivity contribution in [2.45, 2.75) is 57.8 Å². The smallest absolute Gasteiger partial charge is 0.411 e. The summed E-state index contributed by atoms with van der Waals surface area (Å²) >= 11 is 13.7. The van der Waals surface area contributed by atoms with Crippen LogP contribution in [-0.4, -0.2) is 50.1 Å². The molecule has 0 aromatic heterocycles. The molecule has 1 aromatic carbocycles. The van der Waals surface area contributed by atoms with Crippen LogP contribution >= 0.6 is 35.0 Å². The van der Waals surface area contributed by atoms with Gasteiger partial charge in [-0.05, 0) is 56.1 Å². The summed E-state index contributed by atoms with van der Waals surface area (Å²) in [5.41, 5.74) is 0.262. The zero-order chi connectivity index (χ0) is 22.8. The number of benzene rings is 1. The minimum atomic E-state index is -0.624. The van der Waals surface area contributed by atoms with E-state index in [1.54, 1.807) is 12.1 Å². The quantitative estimate of drug-likeness (QED) is 0.439. The Morgan fingerprint density at radius 2 is 1.84 bits per heavy atom. The van der Waals surface area contributed by atoms with Crippen molar-refractivity contribution in [1.29, 1.82) is 0 Å². The fourth-order valence-corrected chi connectivity index (χ4v) is 4.66. The number of hydrogen-bond acceptors (Lipinski definition) is 5. The number of nitrogens with one attached hydrogen (secondary N) is 1. The number of amides is 1. The van der Waals surface area contributed by atoms with E-state index in [2.05, 4.69) is 19.2 Å². The molecule has 1 fully saturated rings. The molecular formula is C22H32BCl2NO4S. The average Bonchev–Trinajstić information content (AvgIpc) is 2.68. The number of carbonyl (C=O) groups is 2. The lowest BCUT2D eigenvalue weighted by Crippen LogP contribution is -2.44. The maximum absolute atomic E-state index is 13.2. The van der Waals surface area contributed by atoms with Crippen molar-refractivity contribution in [3.8, 4) is 0 Å². The van der Waals surface area contributed by atoms with E-state index in [9.17, 15) is 9.59 Å². The second kappa shape index (κ2) is 13.7. The lowest BCUT2D eigenvalue weighted by Gasteiger charge is -2.27. The molecule has 172 valence electrons. The average molecular weight is 488 g/mol. The molecular weight excluding hydrogens is 456 g/mol. The summed E-state index contributed by atoms with van der Waals surface area (Å²) in [5, 5.41) is 3.56. The predicted octanol–water partition coefficient (Wildman–Crippen LogP) is 5.54. The van der Waals surface area contributed by atoms with Crippen molar-refractivity contribution in [3.05, 3.63) is 33.8 Å². The van der Waals surface area contributed by atoms with Gasteiger partial charge in [0.05, 0.1) is 16.6 Å². The van der Waals surface area contributed by atoms with Crippen LogP contribution < -0.4 is 5.32 Å². The highest BCUT2D eigenvalue weighted by atomic mass is 35.5. The minimum absolute atomic E-state index is 0.0271. The predicted molar refractivity (Wildman–Crippen MR) is 130 cm³/mol. The zero-order valence-corrected chi connectivity index (χ0v) is 20.8. The molecule has 0 radical (unpaired) electrons. The first-order valence-corrected chi connectivity index (χ1v) is 13.0. The molecule has 2 atom stereocenters. The normalized spacial score (nSPS) is 17.0. The SMILES string of the molecule is CSC[C@H](NC(=O)c1cc(Cl)ccc1Cl)C(=O)C[C@@H](CC(C)C)B1OCCCCCO1. The largest absolute Gasteiger partial charge is 0.460 e. The molecule has 5 nitrogen and oxygen atoms in total. The van der Waals surface area contributed by atoms with Gasteiger partial charge in [-0.3, -0.25) is 9.59 Å². The summed E-state index contributed by atoms with van der Waals surface area (Å²) in [4.78, 5) is 26.0. The molecule has 1 aliphatic heterocycles. The molecule has 0 spiro atoms. The van der Waals surface area contributed by atoms with Crippen LogP contribution in [0, 0.1) is 5.92 Å². The second-order valence-corrected chi connectivity index (χ2v) is 10.1. The molecule has 1 saturated heterocycles. The fraction of sp³-hybridized carbons (Fsp3) is 0.636. The highest BCUT2D eigenvalue weighted by molar-refractivity contribution is 7.98. The number of rotatable bonds is 10. The van der Waals surface area contributed by atoms with Crippen LogP contribution in [0.15, 0.2) is 18.2 Å². The van der Waals surface area contributed by atoms with Gasteiger partial charge < -0.3 is 14.6 Å². The van der Waals surface area contributed by atoms with E-state index in [0.29, 0.717) is 34.9 Å². The Morgan fingerprint density at radius 3 is 2.45 bits per heavy atom. The summed E-state index contributed by atoms with van der Waals surface area (Å²) in [7, 11) is -0.389. The molecule has 9 heteroatoms. The maximum Gasteiger partial charge on any atom is 0.460 e. The minimum Gasteiger partial charge on any atom is -0.411 e. The Balaban J connectivity index is 2.11. The number of thioether (sulfide) groups is 1. The van der Waals surface area contributed by atoms with Gasteiger partial charge in [0, 0.05) is 36.2 Å². The molecule has 1 N–H and O–H groups in total. The molecule has 0 aliphatic carbocycles. The molecule has 1 heterocycles. The van der Waals surface area contributed by atoms with Gasteiger partial charge in [-0.15, -0.1) is 0 Å². The number of hydrogen-bond donors (Lipinski definition) is 1. The van der Waals surface area contributed by atoms with Gasteiger partial charge in [-0.25, -0.2) is 0 Å². The highest BCUT2D eigenvalue weighted by Crippen LogP contribution is 2.29. The van der Waals surface area contributed by atoms with E-state index in [0.717, 1.165) is 25.7 Å². The lowest BCUT2D eigenvalue weighted by molar-refractivity contribution is -0.120. The summed E-state index contributed by atoms with van der Waals surface area (Å²) in [6, 6.07) is 4.08. The van der Waals surface area contributed by atoms with Crippen molar-refractivity contribution in [1.82, 2.24) is 5.32 Å². The Labute approximate surface area is 200 Å². The third kappa shape index (κ3) is 8.97. The van der Waals surface area contributed by atoms with Gasteiger partial charge >= 0.3 is 7.12 Å². The van der Waals surface area contributed by atoms with Crippen LogP contribution in [0.3, 0.4) is 0 Å². The van der Waals surface area contributed by atoms with E-state index >= 15 is 0 Å². The number of Topliss-reactive ketones (excluding diaryl/α,β-unsaturated/α-hetero) is 1. The first-order valence-electron chi connectivity index (χ1n) is 10.8. The third-order valence-corrected chi connectivity index (χ3v) is 6.41. The first kappa shape index (κ1) is 26.5. The lowest BCUT2D eigenvalue weighted by atomic mass is 9.65. The molecule has 1 aromatic rings. The maximum atomic E-state index is 13.2. The molecule has 0 saturated carbocycles. The summed E-state index contributed by atoms with van der Waals surface area (Å²) in [5.74, 6) is 0.388.